The molecule has 5 heteroatoms. The monoisotopic (exact) mass is 533 g/mol. The highest BCUT2D eigenvalue weighted by Gasteiger charge is 2.16. The van der Waals surface area contributed by atoms with E-state index in [0.29, 0.717) is 16.9 Å². The smallest absolute Gasteiger partial charge is 0.255 e. The normalized spacial score (nSPS) is 10.2. The summed E-state index contributed by atoms with van der Waals surface area (Å²) in [4.78, 5) is 32.5. The van der Waals surface area contributed by atoms with Crippen molar-refractivity contribution in [2.45, 2.75) is 48.5 Å². The first-order valence-electron chi connectivity index (χ1n) is 13.9. The summed E-state index contributed by atoms with van der Waals surface area (Å²) >= 11 is 0. The molecule has 0 fully saturated rings. The van der Waals surface area contributed by atoms with Gasteiger partial charge in [0.15, 0.2) is 0 Å². The van der Waals surface area contributed by atoms with Crippen molar-refractivity contribution in [1.29, 1.82) is 0 Å². The van der Waals surface area contributed by atoms with E-state index in [4.69, 9.17) is 0 Å². The molecule has 0 bridgehead atoms. The average molecular weight is 534 g/mol. The van der Waals surface area contributed by atoms with Crippen LogP contribution in [0.4, 0.5) is 5.69 Å². The van der Waals surface area contributed by atoms with Crippen molar-refractivity contribution in [3.8, 4) is 16.8 Å². The number of hydrogen-bond acceptors (Lipinski definition) is 3. The predicted octanol–water partition coefficient (Wildman–Crippen LogP) is 8.58. The van der Waals surface area contributed by atoms with Gasteiger partial charge in [-0.2, -0.15) is 0 Å². The van der Waals surface area contributed by atoms with Crippen molar-refractivity contribution in [1.82, 2.24) is 9.55 Å². The number of likely N-dealkylation sites (N-methyl/N-ethyl adjacent to an activating group) is 1. The van der Waals surface area contributed by atoms with E-state index < -0.39 is 0 Å². The van der Waals surface area contributed by atoms with E-state index in [-0.39, 0.29) is 11.5 Å². The van der Waals surface area contributed by atoms with Crippen LogP contribution in [0.5, 0.6) is 0 Å². The molecule has 206 valence electrons. The fraction of sp³-hybridized carbons (Fsp3) is 0.229. The molecule has 0 aliphatic heterocycles. The Balaban J connectivity index is 0.00000106. The van der Waals surface area contributed by atoms with Gasteiger partial charge in [-0.3, -0.25) is 19.1 Å². The number of anilines is 1. The second-order valence-corrected chi connectivity index (χ2v) is 9.18. The summed E-state index contributed by atoms with van der Waals surface area (Å²) in [5, 5.41) is 1.75. The van der Waals surface area contributed by atoms with E-state index in [0.717, 1.165) is 38.5 Å². The minimum absolute atomic E-state index is 0.0698. The van der Waals surface area contributed by atoms with Crippen LogP contribution < -0.4 is 10.5 Å². The van der Waals surface area contributed by atoms with Crippen LogP contribution in [0.15, 0.2) is 107 Å². The Kier molecular flexibility index (Phi) is 10.2. The van der Waals surface area contributed by atoms with Gasteiger partial charge in [-0.05, 0) is 68.3 Å². The Bertz CT molecular complexity index is 1710. The maximum Gasteiger partial charge on any atom is 0.255 e. The van der Waals surface area contributed by atoms with E-state index in [1.54, 1.807) is 28.8 Å². The highest BCUT2D eigenvalue weighted by molar-refractivity contribution is 6.06. The number of allylic oxidation sites excluding steroid dienone is 1. The third kappa shape index (κ3) is 6.04. The summed E-state index contributed by atoms with van der Waals surface area (Å²) in [5.74, 6) is -0.0698. The summed E-state index contributed by atoms with van der Waals surface area (Å²) in [6, 6.07) is 27.2. The van der Waals surface area contributed by atoms with Crippen LogP contribution in [0.3, 0.4) is 0 Å². The fourth-order valence-electron chi connectivity index (χ4n) is 4.40. The van der Waals surface area contributed by atoms with E-state index in [2.05, 4.69) is 29.2 Å². The second kappa shape index (κ2) is 13.5. The summed E-state index contributed by atoms with van der Waals surface area (Å²) < 4.78 is 1.71. The quantitative estimate of drug-likeness (QED) is 0.172. The lowest BCUT2D eigenvalue weighted by molar-refractivity contribution is -0.114. The summed E-state index contributed by atoms with van der Waals surface area (Å²) in [6.45, 7) is 13.7. The zero-order chi connectivity index (χ0) is 29.4. The van der Waals surface area contributed by atoms with Gasteiger partial charge in [0.2, 0.25) is 0 Å². The van der Waals surface area contributed by atoms with Crippen molar-refractivity contribution in [2.24, 2.45) is 0 Å². The van der Waals surface area contributed by atoms with Gasteiger partial charge in [0.1, 0.15) is 0 Å². The van der Waals surface area contributed by atoms with Gasteiger partial charge in [-0.25, -0.2) is 0 Å². The number of amides is 1. The largest absolute Gasteiger partial charge is 0.312 e. The molecule has 2 aromatic heterocycles. The first kappa shape index (κ1) is 30.0. The number of fused-ring (bicyclic) bond motifs is 3. The molecule has 5 rings (SSSR count). The summed E-state index contributed by atoms with van der Waals surface area (Å²) in [5.41, 5.74) is 6.68. The maximum absolute atomic E-state index is 13.3. The number of hydrogen-bond donors (Lipinski definition) is 0. The molecule has 0 saturated heterocycles. The van der Waals surface area contributed by atoms with Crippen LogP contribution in [-0.2, 0) is 4.79 Å². The maximum atomic E-state index is 13.3. The van der Waals surface area contributed by atoms with E-state index >= 15 is 0 Å². The number of nitrogens with zero attached hydrogens (tertiary/aromatic N) is 3. The molecule has 40 heavy (non-hydrogen) atoms. The minimum Gasteiger partial charge on any atom is -0.312 e. The third-order valence-electron chi connectivity index (χ3n) is 6.68. The Morgan fingerprint density at radius 2 is 1.48 bits per heavy atom. The average Bonchev–Trinajstić information content (AvgIpc) is 3.02. The molecule has 0 atom stereocenters. The zero-order valence-corrected chi connectivity index (χ0v) is 24.8. The van der Waals surface area contributed by atoms with Crippen LogP contribution >= 0.6 is 0 Å². The zero-order valence-electron chi connectivity index (χ0n) is 24.8. The van der Waals surface area contributed by atoms with Crippen molar-refractivity contribution in [2.75, 3.05) is 11.9 Å². The van der Waals surface area contributed by atoms with Gasteiger partial charge in [-0.15, -0.1) is 0 Å². The van der Waals surface area contributed by atoms with E-state index in [1.807, 2.05) is 103 Å². The van der Waals surface area contributed by atoms with Crippen LogP contribution in [0, 0.1) is 0 Å². The molecule has 0 saturated carbocycles. The van der Waals surface area contributed by atoms with Crippen molar-refractivity contribution >= 4 is 33.4 Å². The molecule has 0 aliphatic carbocycles. The standard InChI is InChI=1S/C31H27N3O2.2C2H6/c1-20(2)21(3)31(36)33(4)25-11-8-12-26(18-25)34-29(35)16-14-24-19-32-28-15-13-23(17-27(28)30(24)34)22-9-6-5-7-10-22;2*1-2/h5-19H,1-4H3;2*1-2H3. The molecule has 1 amide bonds. The highest BCUT2D eigenvalue weighted by Crippen LogP contribution is 2.30. The number of pyridine rings is 2. The van der Waals surface area contributed by atoms with Crippen molar-refractivity contribution < 1.29 is 4.79 Å². The molecule has 3 aromatic carbocycles. The Morgan fingerprint density at radius 3 is 2.15 bits per heavy atom. The molecule has 0 unspecified atom stereocenters. The summed E-state index contributed by atoms with van der Waals surface area (Å²) in [7, 11) is 1.76. The van der Waals surface area contributed by atoms with Crippen LogP contribution in [0.25, 0.3) is 38.6 Å². The van der Waals surface area contributed by atoms with Gasteiger partial charge in [0.05, 0.1) is 16.7 Å². The van der Waals surface area contributed by atoms with Gasteiger partial charge >= 0.3 is 0 Å². The number of carbonyl (C=O) groups excluding carboxylic acids is 1. The Hall–Kier alpha value is -4.51. The van der Waals surface area contributed by atoms with Crippen molar-refractivity contribution in [3.05, 3.63) is 113 Å². The lowest BCUT2D eigenvalue weighted by Crippen LogP contribution is -2.27. The molecule has 0 aliphatic rings. The molecule has 0 radical (unpaired) electrons. The van der Waals surface area contributed by atoms with Gasteiger partial charge in [0, 0.05) is 41.3 Å². The lowest BCUT2D eigenvalue weighted by Gasteiger charge is -2.20. The first-order valence-corrected chi connectivity index (χ1v) is 13.9. The first-order chi connectivity index (χ1) is 19.3. The second-order valence-electron chi connectivity index (χ2n) is 9.18. The lowest BCUT2D eigenvalue weighted by atomic mass is 10.0. The van der Waals surface area contributed by atoms with E-state index in [9.17, 15) is 9.59 Å². The van der Waals surface area contributed by atoms with Gasteiger partial charge in [0.25, 0.3) is 11.5 Å². The SMILES string of the molecule is CC.CC.CC(C)=C(C)C(=O)N(C)c1cccc(-n2c(=O)ccc3cnc4ccc(-c5ccccc5)cc4c32)c1. The molecule has 0 spiro atoms. The van der Waals surface area contributed by atoms with Crippen LogP contribution in [0.2, 0.25) is 0 Å². The Labute approximate surface area is 237 Å². The molecule has 2 heterocycles. The molecule has 5 nitrogen and oxygen atoms in total. The third-order valence-corrected chi connectivity index (χ3v) is 6.68. The Morgan fingerprint density at radius 1 is 0.775 bits per heavy atom. The van der Waals surface area contributed by atoms with Crippen LogP contribution in [-0.4, -0.2) is 22.5 Å². The van der Waals surface area contributed by atoms with Crippen molar-refractivity contribution in [3.63, 3.8) is 0 Å². The van der Waals surface area contributed by atoms with Gasteiger partial charge in [-0.1, -0.05) is 75.7 Å². The number of aromatic nitrogens is 2. The minimum atomic E-state index is -0.147. The molecular weight excluding hydrogens is 494 g/mol. The van der Waals surface area contributed by atoms with E-state index in [1.165, 1.54) is 0 Å². The highest BCUT2D eigenvalue weighted by atomic mass is 16.2. The topological polar surface area (TPSA) is 55.2 Å². The number of carbonyl (C=O) groups is 1. The number of rotatable bonds is 4. The molecular formula is C35H39N3O2. The van der Waals surface area contributed by atoms with Gasteiger partial charge < -0.3 is 4.90 Å². The molecule has 5 aromatic rings. The number of benzene rings is 3. The molecule has 0 N–H and O–H groups in total. The summed E-state index contributed by atoms with van der Waals surface area (Å²) in [6.07, 6.45) is 1.80. The van der Waals surface area contributed by atoms with Crippen LogP contribution in [0.1, 0.15) is 48.5 Å². The fourth-order valence-corrected chi connectivity index (χ4v) is 4.40. The predicted molar refractivity (Wildman–Crippen MR) is 170 cm³/mol.